The number of fused-ring (bicyclic) bond motifs is 5. The zero-order valence-electron chi connectivity index (χ0n) is 21.3. The zero-order valence-corrected chi connectivity index (χ0v) is 21.3. The van der Waals surface area contributed by atoms with Crippen molar-refractivity contribution in [2.75, 3.05) is 38.3 Å². The average Bonchev–Trinajstić information content (AvgIpc) is 2.92. The molecule has 4 heterocycles. The first-order valence-electron chi connectivity index (χ1n) is 12.4. The molecule has 200 valence electrons. The van der Waals surface area contributed by atoms with E-state index in [4.69, 9.17) is 9.47 Å². The predicted molar refractivity (Wildman–Crippen MR) is 135 cm³/mol. The lowest BCUT2D eigenvalue weighted by molar-refractivity contribution is -0.137. The molecule has 0 unspecified atom stereocenters. The molecule has 8 nitrogen and oxygen atoms in total. The number of benzene rings is 1. The van der Waals surface area contributed by atoms with Gasteiger partial charge in [-0.15, -0.1) is 0 Å². The van der Waals surface area contributed by atoms with Crippen LogP contribution in [0, 0.1) is 11.3 Å². The van der Waals surface area contributed by atoms with Gasteiger partial charge in [-0.1, -0.05) is 19.1 Å². The van der Waals surface area contributed by atoms with Gasteiger partial charge in [0.1, 0.15) is 29.6 Å². The van der Waals surface area contributed by atoms with E-state index in [2.05, 4.69) is 27.8 Å². The van der Waals surface area contributed by atoms with Crippen molar-refractivity contribution >= 4 is 16.7 Å². The van der Waals surface area contributed by atoms with Crippen LogP contribution >= 0.6 is 0 Å². The van der Waals surface area contributed by atoms with Crippen molar-refractivity contribution in [3.8, 4) is 11.8 Å². The van der Waals surface area contributed by atoms with E-state index < -0.39 is 11.7 Å². The van der Waals surface area contributed by atoms with Crippen LogP contribution in [0.25, 0.3) is 11.0 Å². The summed E-state index contributed by atoms with van der Waals surface area (Å²) in [5.41, 5.74) is 1.75. The number of hydrogen-bond donors (Lipinski definition) is 0. The van der Waals surface area contributed by atoms with Crippen molar-refractivity contribution in [1.82, 2.24) is 14.5 Å². The number of pyridine rings is 2. The lowest BCUT2D eigenvalue weighted by Gasteiger charge is -2.51. The van der Waals surface area contributed by atoms with Gasteiger partial charge in [0.05, 0.1) is 29.8 Å². The fraction of sp³-hybridized carbons (Fsp3) is 0.444. The molecule has 0 saturated carbocycles. The number of nitriles is 1. The summed E-state index contributed by atoms with van der Waals surface area (Å²) in [6.45, 7) is 3.73. The lowest BCUT2D eigenvalue weighted by Crippen LogP contribution is -2.62. The number of aryl methyl sites for hydroxylation is 1. The van der Waals surface area contributed by atoms with E-state index in [1.165, 1.54) is 16.7 Å². The summed E-state index contributed by atoms with van der Waals surface area (Å²) in [5, 5.41) is 9.45. The van der Waals surface area contributed by atoms with Crippen molar-refractivity contribution in [3.63, 3.8) is 0 Å². The molecule has 3 atom stereocenters. The monoisotopic (exact) mass is 527 g/mol. The number of rotatable bonds is 5. The third-order valence-electron chi connectivity index (χ3n) is 7.55. The van der Waals surface area contributed by atoms with Crippen LogP contribution in [0.2, 0.25) is 0 Å². The van der Waals surface area contributed by atoms with Gasteiger partial charge >= 0.3 is 6.18 Å². The molecule has 0 amide bonds. The number of ether oxygens (including phenoxy) is 2. The summed E-state index contributed by atoms with van der Waals surface area (Å²) in [6.07, 6.45) is -3.64. The minimum absolute atomic E-state index is 0.0119. The molecule has 1 fully saturated rings. The van der Waals surface area contributed by atoms with Crippen LogP contribution in [0.3, 0.4) is 0 Å². The van der Waals surface area contributed by atoms with E-state index in [1.54, 1.807) is 26.3 Å². The van der Waals surface area contributed by atoms with E-state index in [-0.39, 0.29) is 41.7 Å². The number of nitrogens with zero attached hydrogens (tertiary/aromatic N) is 5. The molecule has 1 saturated heterocycles. The van der Waals surface area contributed by atoms with Gasteiger partial charge in [0, 0.05) is 33.3 Å². The largest absolute Gasteiger partial charge is 0.484 e. The second kappa shape index (κ2) is 9.93. The van der Waals surface area contributed by atoms with Gasteiger partial charge in [-0.3, -0.25) is 9.69 Å². The number of alkyl halides is 3. The summed E-state index contributed by atoms with van der Waals surface area (Å²) in [7, 11) is 3.23. The Morgan fingerprint density at radius 1 is 1.21 bits per heavy atom. The molecular weight excluding hydrogens is 499 g/mol. The first-order chi connectivity index (χ1) is 18.2. The van der Waals surface area contributed by atoms with Crippen molar-refractivity contribution in [2.45, 2.75) is 37.6 Å². The molecule has 0 radical (unpaired) electrons. The predicted octanol–water partition coefficient (Wildman–Crippen LogP) is 3.87. The fourth-order valence-corrected chi connectivity index (χ4v) is 5.58. The van der Waals surface area contributed by atoms with Crippen molar-refractivity contribution in [3.05, 3.63) is 63.6 Å². The highest BCUT2D eigenvalue weighted by Gasteiger charge is 2.42. The molecule has 2 aromatic heterocycles. The summed E-state index contributed by atoms with van der Waals surface area (Å²) in [4.78, 5) is 22.1. The Hall–Kier alpha value is -3.62. The van der Waals surface area contributed by atoms with Crippen LogP contribution in [-0.2, 0) is 18.0 Å². The minimum Gasteiger partial charge on any atom is -0.484 e. The molecule has 11 heteroatoms. The van der Waals surface area contributed by atoms with Crippen LogP contribution in [0.1, 0.15) is 36.2 Å². The first kappa shape index (κ1) is 26.0. The van der Waals surface area contributed by atoms with Gasteiger partial charge in [-0.05, 0) is 36.2 Å². The smallest absolute Gasteiger partial charge is 0.416 e. The maximum atomic E-state index is 13.2. The molecule has 5 rings (SSSR count). The van der Waals surface area contributed by atoms with Crippen molar-refractivity contribution in [2.24, 2.45) is 7.05 Å². The molecular formula is C27H28F3N5O3. The zero-order chi connectivity index (χ0) is 27.2. The maximum Gasteiger partial charge on any atom is 0.416 e. The van der Waals surface area contributed by atoms with Crippen LogP contribution in [0.4, 0.5) is 18.9 Å². The standard InChI is InChI=1S/C27H28F3N5O3/c1-4-19-12-35-20(13-34(19)22(15-37-3)16-5-7-17(8-6-16)27(28,29)30)14-38-25-24(35)23-21(33(2)26(25)36)10-9-18(11-31)32-23/h5-10,19-20,22H,4,12-15H2,1-3H3/t19-,20+,22-/m1/s1. The van der Waals surface area contributed by atoms with Crippen LogP contribution < -0.4 is 15.2 Å². The normalized spacial score (nSPS) is 20.4. The van der Waals surface area contributed by atoms with E-state index in [0.717, 1.165) is 24.1 Å². The SMILES string of the molecule is CC[C@@H]1CN2c3c(c(=O)n(C)c4ccc(C#N)nc34)OC[C@@H]2CN1[C@H](COC)c1ccc(C(F)(F)F)cc1. The van der Waals surface area contributed by atoms with Crippen LogP contribution in [-0.4, -0.2) is 59.9 Å². The Bertz CT molecular complexity index is 1450. The Kier molecular flexibility index (Phi) is 6.79. The lowest BCUT2D eigenvalue weighted by atomic mass is 9.95. The van der Waals surface area contributed by atoms with E-state index >= 15 is 0 Å². The average molecular weight is 528 g/mol. The second-order valence-electron chi connectivity index (χ2n) is 9.68. The molecule has 2 aliphatic heterocycles. The Morgan fingerprint density at radius 3 is 2.58 bits per heavy atom. The Balaban J connectivity index is 1.54. The van der Waals surface area contributed by atoms with Gasteiger partial charge in [0.2, 0.25) is 5.75 Å². The molecule has 0 aliphatic carbocycles. The van der Waals surface area contributed by atoms with Crippen molar-refractivity contribution in [1.29, 1.82) is 5.26 Å². The summed E-state index contributed by atoms with van der Waals surface area (Å²) < 4.78 is 52.5. The quantitative estimate of drug-likeness (QED) is 0.498. The third-order valence-corrected chi connectivity index (χ3v) is 7.55. The number of halogens is 3. The van der Waals surface area contributed by atoms with Crippen LogP contribution in [0.5, 0.6) is 5.75 Å². The summed E-state index contributed by atoms with van der Waals surface area (Å²) >= 11 is 0. The maximum absolute atomic E-state index is 13.2. The highest BCUT2D eigenvalue weighted by Crippen LogP contribution is 2.41. The number of anilines is 1. The Morgan fingerprint density at radius 2 is 1.95 bits per heavy atom. The second-order valence-corrected chi connectivity index (χ2v) is 9.68. The number of aromatic nitrogens is 2. The number of piperazine rings is 1. The van der Waals surface area contributed by atoms with E-state index in [9.17, 15) is 23.2 Å². The molecule has 38 heavy (non-hydrogen) atoms. The molecule has 3 aromatic rings. The van der Waals surface area contributed by atoms with Gasteiger partial charge in [-0.2, -0.15) is 18.4 Å². The topological polar surface area (TPSA) is 83.6 Å². The molecule has 1 aromatic carbocycles. The fourth-order valence-electron chi connectivity index (χ4n) is 5.58. The minimum atomic E-state index is -4.40. The molecule has 0 bridgehead atoms. The van der Waals surface area contributed by atoms with Crippen LogP contribution in [0.15, 0.2) is 41.2 Å². The molecule has 0 N–H and O–H groups in total. The van der Waals surface area contributed by atoms with E-state index in [1.807, 2.05) is 0 Å². The van der Waals surface area contributed by atoms with E-state index in [0.29, 0.717) is 36.4 Å². The third kappa shape index (κ3) is 4.37. The number of hydrogen-bond acceptors (Lipinski definition) is 7. The highest BCUT2D eigenvalue weighted by molar-refractivity contribution is 5.93. The van der Waals surface area contributed by atoms with Gasteiger partial charge < -0.3 is 18.9 Å². The van der Waals surface area contributed by atoms with Gasteiger partial charge in [-0.25, -0.2) is 4.98 Å². The first-order valence-corrected chi connectivity index (χ1v) is 12.4. The summed E-state index contributed by atoms with van der Waals surface area (Å²) in [6, 6.07) is 10.2. The van der Waals surface area contributed by atoms with Gasteiger partial charge in [0.25, 0.3) is 5.56 Å². The molecule has 2 aliphatic rings. The van der Waals surface area contributed by atoms with Crippen molar-refractivity contribution < 1.29 is 22.6 Å². The van der Waals surface area contributed by atoms with Gasteiger partial charge in [0.15, 0.2) is 0 Å². The highest BCUT2D eigenvalue weighted by atomic mass is 19.4. The summed E-state index contributed by atoms with van der Waals surface area (Å²) in [5.74, 6) is 0.221. The molecule has 0 spiro atoms. The Labute approximate surface area is 217 Å². The number of methoxy groups -OCH3 is 1.